The van der Waals surface area contributed by atoms with E-state index < -0.39 is 6.10 Å². The number of rotatable bonds is 1. The second-order valence-electron chi connectivity index (χ2n) is 5.73. The summed E-state index contributed by atoms with van der Waals surface area (Å²) in [5.41, 5.74) is 2.24. The van der Waals surface area contributed by atoms with Crippen LogP contribution in [0.5, 0.6) is 11.5 Å². The van der Waals surface area contributed by atoms with Gasteiger partial charge in [0.1, 0.15) is 6.61 Å². The quantitative estimate of drug-likeness (QED) is 0.684. The Morgan fingerprint density at radius 2 is 2.04 bits per heavy atom. The Labute approximate surface area is 142 Å². The maximum atomic E-state index is 12.5. The molecule has 0 unspecified atom stereocenters. The van der Waals surface area contributed by atoms with Gasteiger partial charge in [0.25, 0.3) is 5.91 Å². The van der Waals surface area contributed by atoms with E-state index in [2.05, 4.69) is 17.1 Å². The molecule has 5 nitrogen and oxygen atoms in total. The zero-order valence-corrected chi connectivity index (χ0v) is 14.2. The molecule has 2 heterocycles. The first-order valence-corrected chi connectivity index (χ1v) is 8.47. The number of aromatic nitrogens is 1. The number of nitrogens with zero attached hydrogens (tertiary/aromatic N) is 2. The minimum absolute atomic E-state index is 0.174. The molecule has 24 heavy (non-hydrogen) atoms. The predicted octanol–water partition coefficient (Wildman–Crippen LogP) is 2.82. The third-order valence-electron chi connectivity index (χ3n) is 3.95. The Morgan fingerprint density at radius 3 is 2.88 bits per heavy atom. The van der Waals surface area contributed by atoms with Crippen molar-refractivity contribution in [3.05, 3.63) is 52.8 Å². The van der Waals surface area contributed by atoms with Gasteiger partial charge in [-0.05, 0) is 36.8 Å². The van der Waals surface area contributed by atoms with Crippen LogP contribution in [0.4, 0.5) is 0 Å². The minimum Gasteiger partial charge on any atom is -0.485 e. The van der Waals surface area contributed by atoms with Gasteiger partial charge in [0.05, 0.1) is 10.2 Å². The molecule has 1 aliphatic rings. The number of aryl methyl sites for hydroxylation is 2. The summed E-state index contributed by atoms with van der Waals surface area (Å²) in [5, 5.41) is 0. The van der Waals surface area contributed by atoms with Crippen molar-refractivity contribution in [2.75, 3.05) is 6.61 Å². The molecule has 0 aliphatic carbocycles. The molecule has 0 saturated carbocycles. The van der Waals surface area contributed by atoms with Crippen molar-refractivity contribution in [2.45, 2.75) is 13.0 Å². The van der Waals surface area contributed by atoms with Crippen molar-refractivity contribution in [3.63, 3.8) is 0 Å². The van der Waals surface area contributed by atoms with Crippen LogP contribution in [-0.2, 0) is 11.8 Å². The summed E-state index contributed by atoms with van der Waals surface area (Å²) in [6, 6.07) is 13.5. The number of hydrogen-bond donors (Lipinski definition) is 0. The first kappa shape index (κ1) is 15.0. The molecular weight excluding hydrogens is 324 g/mol. The average molecular weight is 340 g/mol. The molecule has 0 spiro atoms. The molecule has 6 heteroatoms. The van der Waals surface area contributed by atoms with Crippen molar-refractivity contribution in [2.24, 2.45) is 12.0 Å². The van der Waals surface area contributed by atoms with Crippen LogP contribution in [0.3, 0.4) is 0 Å². The highest BCUT2D eigenvalue weighted by Crippen LogP contribution is 2.31. The lowest BCUT2D eigenvalue weighted by Crippen LogP contribution is -2.36. The van der Waals surface area contributed by atoms with E-state index in [4.69, 9.17) is 9.47 Å². The lowest BCUT2D eigenvalue weighted by Gasteiger charge is -2.23. The smallest absolute Gasteiger partial charge is 0.292 e. The van der Waals surface area contributed by atoms with E-state index in [1.807, 2.05) is 42.8 Å². The number of ether oxygens (including phenoxy) is 2. The van der Waals surface area contributed by atoms with Gasteiger partial charge in [-0.2, -0.15) is 4.99 Å². The van der Waals surface area contributed by atoms with E-state index in [-0.39, 0.29) is 12.5 Å². The standard InChI is InChI=1S/C18H16N2O3S/c1-11-7-8-12-16(9-11)24-18(20(12)2)19-17(21)15-10-22-13-5-3-4-6-14(13)23-15/h3-9,15H,10H2,1-2H3/t15-/m0/s1. The molecule has 0 saturated heterocycles. The fraction of sp³-hybridized carbons (Fsp3) is 0.222. The van der Waals surface area contributed by atoms with Crippen molar-refractivity contribution >= 4 is 27.5 Å². The number of fused-ring (bicyclic) bond motifs is 2. The summed E-state index contributed by atoms with van der Waals surface area (Å²) < 4.78 is 14.3. The van der Waals surface area contributed by atoms with Crippen molar-refractivity contribution < 1.29 is 14.3 Å². The Hall–Kier alpha value is -2.60. The molecule has 122 valence electrons. The van der Waals surface area contributed by atoms with Crippen molar-refractivity contribution in [3.8, 4) is 11.5 Å². The molecule has 0 fully saturated rings. The molecular formula is C18H16N2O3S. The van der Waals surface area contributed by atoms with Crippen LogP contribution >= 0.6 is 11.3 Å². The molecule has 0 N–H and O–H groups in total. The van der Waals surface area contributed by atoms with E-state index in [1.54, 1.807) is 6.07 Å². The van der Waals surface area contributed by atoms with Crippen molar-refractivity contribution in [1.29, 1.82) is 0 Å². The van der Waals surface area contributed by atoms with Gasteiger partial charge in [0.15, 0.2) is 16.3 Å². The van der Waals surface area contributed by atoms with Gasteiger partial charge in [-0.25, -0.2) is 0 Å². The highest BCUT2D eigenvalue weighted by Gasteiger charge is 2.27. The number of hydrogen-bond acceptors (Lipinski definition) is 4. The lowest BCUT2D eigenvalue weighted by atomic mass is 10.2. The molecule has 3 aromatic rings. The fourth-order valence-electron chi connectivity index (χ4n) is 2.66. The Bertz CT molecular complexity index is 1000. The van der Waals surface area contributed by atoms with Crippen LogP contribution < -0.4 is 14.3 Å². The highest BCUT2D eigenvalue weighted by atomic mass is 32.1. The van der Waals surface area contributed by atoms with Crippen LogP contribution in [0.1, 0.15) is 5.56 Å². The van der Waals surface area contributed by atoms with E-state index in [9.17, 15) is 4.79 Å². The summed E-state index contributed by atoms with van der Waals surface area (Å²) >= 11 is 1.50. The third-order valence-corrected chi connectivity index (χ3v) is 5.05. The van der Waals surface area contributed by atoms with Gasteiger partial charge in [-0.15, -0.1) is 0 Å². The summed E-state index contributed by atoms with van der Waals surface area (Å²) in [6.07, 6.45) is -0.716. The number of carbonyl (C=O) groups is 1. The minimum atomic E-state index is -0.716. The van der Waals surface area contributed by atoms with Gasteiger partial charge in [-0.1, -0.05) is 29.5 Å². The van der Waals surface area contributed by atoms with Gasteiger partial charge >= 0.3 is 0 Å². The van der Waals surface area contributed by atoms with Gasteiger partial charge in [-0.3, -0.25) is 4.79 Å². The van der Waals surface area contributed by atoms with E-state index in [0.29, 0.717) is 16.3 Å². The average Bonchev–Trinajstić information content (AvgIpc) is 2.89. The fourth-order valence-corrected chi connectivity index (χ4v) is 3.78. The van der Waals surface area contributed by atoms with Gasteiger partial charge < -0.3 is 14.0 Å². The van der Waals surface area contributed by atoms with Crippen molar-refractivity contribution in [1.82, 2.24) is 4.57 Å². The molecule has 1 amide bonds. The first-order valence-electron chi connectivity index (χ1n) is 7.65. The van der Waals surface area contributed by atoms with Crippen LogP contribution in [0, 0.1) is 6.92 Å². The molecule has 1 aliphatic heterocycles. The molecule has 1 atom stereocenters. The molecule has 0 bridgehead atoms. The van der Waals surface area contributed by atoms with E-state index in [0.717, 1.165) is 10.2 Å². The van der Waals surface area contributed by atoms with Crippen LogP contribution in [-0.4, -0.2) is 23.2 Å². The summed E-state index contributed by atoms with van der Waals surface area (Å²) in [5.74, 6) is 0.904. The molecule has 1 aromatic heterocycles. The second kappa shape index (κ2) is 5.79. The zero-order chi connectivity index (χ0) is 16.7. The number of amides is 1. The maximum Gasteiger partial charge on any atom is 0.292 e. The molecule has 0 radical (unpaired) electrons. The third kappa shape index (κ3) is 2.59. The Kier molecular flexibility index (Phi) is 3.61. The first-order chi connectivity index (χ1) is 11.6. The number of thiazole rings is 1. The lowest BCUT2D eigenvalue weighted by molar-refractivity contribution is -0.127. The van der Waals surface area contributed by atoms with Crippen LogP contribution in [0.25, 0.3) is 10.2 Å². The van der Waals surface area contributed by atoms with Crippen LogP contribution in [0.2, 0.25) is 0 Å². The Morgan fingerprint density at radius 1 is 1.25 bits per heavy atom. The van der Waals surface area contributed by atoms with Crippen LogP contribution in [0.15, 0.2) is 47.5 Å². The number of carbonyl (C=O) groups excluding carboxylic acids is 1. The summed E-state index contributed by atoms with van der Waals surface area (Å²) in [4.78, 5) is 17.4. The SMILES string of the molecule is Cc1ccc2c(c1)sc(=NC(=O)[C@@H]1COc3ccccc3O1)n2C. The topological polar surface area (TPSA) is 52.8 Å². The second-order valence-corrected chi connectivity index (χ2v) is 6.74. The maximum absolute atomic E-state index is 12.5. The normalized spacial score (nSPS) is 17.2. The van der Waals surface area contributed by atoms with E-state index in [1.165, 1.54) is 16.9 Å². The number of para-hydroxylation sites is 2. The van der Waals surface area contributed by atoms with Gasteiger partial charge in [0.2, 0.25) is 6.10 Å². The highest BCUT2D eigenvalue weighted by molar-refractivity contribution is 7.16. The zero-order valence-electron chi connectivity index (χ0n) is 13.4. The Balaban J connectivity index is 1.67. The largest absolute Gasteiger partial charge is 0.485 e. The summed E-state index contributed by atoms with van der Waals surface area (Å²) in [6.45, 7) is 2.22. The summed E-state index contributed by atoms with van der Waals surface area (Å²) in [7, 11) is 1.91. The molecule has 4 rings (SSSR count). The van der Waals surface area contributed by atoms with Gasteiger partial charge in [0, 0.05) is 7.05 Å². The van der Waals surface area contributed by atoms with E-state index >= 15 is 0 Å². The molecule has 2 aromatic carbocycles. The monoisotopic (exact) mass is 340 g/mol. The predicted molar refractivity (Wildman–Crippen MR) is 92.5 cm³/mol. The number of benzene rings is 2.